The maximum absolute atomic E-state index is 12.2. The summed E-state index contributed by atoms with van der Waals surface area (Å²) in [6, 6.07) is 0. The fourth-order valence-corrected chi connectivity index (χ4v) is 1.75. The zero-order valence-electron chi connectivity index (χ0n) is 13.5. The molecule has 0 saturated heterocycles. The fraction of sp³-hybridized carbons (Fsp3) is 0.667. The molecule has 0 aromatic carbocycles. The second-order valence-corrected chi connectivity index (χ2v) is 5.98. The van der Waals surface area contributed by atoms with Crippen LogP contribution in [-0.4, -0.2) is 57.0 Å². The first-order valence-corrected chi connectivity index (χ1v) is 6.73. The second kappa shape index (κ2) is 7.68. The number of carbonyl (C=O) groups excluding carboxylic acids is 2. The highest BCUT2D eigenvalue weighted by molar-refractivity contribution is 6.01. The number of rotatable bonds is 8. The van der Waals surface area contributed by atoms with E-state index in [-0.39, 0.29) is 11.3 Å². The molecule has 0 saturated carbocycles. The lowest BCUT2D eigenvalue weighted by Crippen LogP contribution is -2.59. The van der Waals surface area contributed by atoms with Crippen LogP contribution in [0.5, 0.6) is 0 Å². The smallest absolute Gasteiger partial charge is 0.332 e. The molecule has 0 radical (unpaired) electrons. The average molecular weight is 347 g/mol. The minimum atomic E-state index is -2.64. The molecule has 0 aliphatic carbocycles. The van der Waals surface area contributed by atoms with E-state index in [1.165, 1.54) is 20.8 Å². The van der Waals surface area contributed by atoms with Crippen molar-refractivity contribution in [2.75, 3.05) is 6.54 Å². The van der Waals surface area contributed by atoms with Gasteiger partial charge in [0.25, 0.3) is 5.96 Å². The fourth-order valence-electron chi connectivity index (χ4n) is 1.75. The molecule has 0 bridgehead atoms. The summed E-state index contributed by atoms with van der Waals surface area (Å²) < 4.78 is 5.04. The van der Waals surface area contributed by atoms with Crippen LogP contribution < -0.4 is 11.5 Å². The van der Waals surface area contributed by atoms with Crippen LogP contribution in [0.15, 0.2) is 0 Å². The lowest BCUT2D eigenvalue weighted by Gasteiger charge is -2.30. The Morgan fingerprint density at radius 3 is 2.25 bits per heavy atom. The maximum atomic E-state index is 12.2. The van der Waals surface area contributed by atoms with Crippen molar-refractivity contribution < 1.29 is 29.3 Å². The Hall–Kier alpha value is -2.76. The number of aldehydes is 1. The van der Waals surface area contributed by atoms with E-state index in [0.717, 1.165) is 0 Å². The largest absolute Gasteiger partial charge is 0.480 e. The van der Waals surface area contributed by atoms with Crippen molar-refractivity contribution in [1.82, 2.24) is 5.01 Å². The van der Waals surface area contributed by atoms with Gasteiger partial charge in [0.15, 0.2) is 16.9 Å². The first-order chi connectivity index (χ1) is 10.8. The molecule has 6 N–H and O–H groups in total. The average Bonchev–Trinajstić information content (AvgIpc) is 2.39. The summed E-state index contributed by atoms with van der Waals surface area (Å²) >= 11 is 0. The monoisotopic (exact) mass is 347 g/mol. The number of nitro groups is 1. The number of nitrogens with one attached hydrogen (secondary N) is 1. The summed E-state index contributed by atoms with van der Waals surface area (Å²) in [5.74, 6) is -5.53. The number of ether oxygens (including phenoxy) is 1. The topological polar surface area (TPSA) is 203 Å². The van der Waals surface area contributed by atoms with Crippen LogP contribution in [0.3, 0.4) is 0 Å². The minimum Gasteiger partial charge on any atom is -0.480 e. The molecule has 0 aromatic heterocycles. The number of hydrogen-bond donors (Lipinski definition) is 4. The molecule has 2 atom stereocenters. The van der Waals surface area contributed by atoms with Gasteiger partial charge in [-0.05, 0) is 27.2 Å². The number of guanidine groups is 1. The molecular formula is C12H21N5O7. The van der Waals surface area contributed by atoms with Gasteiger partial charge in [-0.15, -0.1) is 0 Å². The molecule has 0 aliphatic rings. The molecule has 0 aromatic rings. The van der Waals surface area contributed by atoms with Gasteiger partial charge in [0.2, 0.25) is 0 Å². The Balaban J connectivity index is 5.60. The maximum Gasteiger partial charge on any atom is 0.332 e. The third kappa shape index (κ3) is 5.46. The van der Waals surface area contributed by atoms with Crippen molar-refractivity contribution in [2.45, 2.75) is 38.3 Å². The van der Waals surface area contributed by atoms with Gasteiger partial charge in [-0.3, -0.25) is 10.2 Å². The molecule has 12 heteroatoms. The zero-order chi connectivity index (χ0) is 19.3. The van der Waals surface area contributed by atoms with Gasteiger partial charge < -0.3 is 26.1 Å². The summed E-state index contributed by atoms with van der Waals surface area (Å²) in [6.45, 7) is 3.93. The van der Waals surface area contributed by atoms with Crippen molar-refractivity contribution in [3.05, 3.63) is 10.1 Å². The summed E-state index contributed by atoms with van der Waals surface area (Å²) in [7, 11) is 0. The van der Waals surface area contributed by atoms with Crippen LogP contribution in [-0.2, 0) is 19.1 Å². The van der Waals surface area contributed by atoms with E-state index in [0.29, 0.717) is 0 Å². The van der Waals surface area contributed by atoms with E-state index in [2.05, 4.69) is 0 Å². The highest BCUT2D eigenvalue weighted by atomic mass is 16.7. The number of carboxylic acid groups (broad SMARTS) is 1. The van der Waals surface area contributed by atoms with Gasteiger partial charge in [0, 0.05) is 0 Å². The van der Waals surface area contributed by atoms with Crippen LogP contribution in [0.1, 0.15) is 27.2 Å². The quantitative estimate of drug-likeness (QED) is 0.0776. The van der Waals surface area contributed by atoms with Gasteiger partial charge in [-0.1, -0.05) is 5.01 Å². The van der Waals surface area contributed by atoms with E-state index in [1.54, 1.807) is 0 Å². The number of nitrogens with two attached hydrogens (primary N) is 2. The lowest BCUT2D eigenvalue weighted by molar-refractivity contribution is -0.630. The van der Waals surface area contributed by atoms with Gasteiger partial charge in [0.1, 0.15) is 5.60 Å². The number of nitrogens with zero attached hydrogens (tertiary/aromatic N) is 2. The number of aliphatic carboxylic acids is 1. The van der Waals surface area contributed by atoms with Crippen molar-refractivity contribution in [3.63, 3.8) is 0 Å². The number of carboxylic acids is 1. The lowest BCUT2D eigenvalue weighted by atomic mass is 9.83. The number of hydrazine groups is 1. The van der Waals surface area contributed by atoms with Crippen molar-refractivity contribution in [3.8, 4) is 0 Å². The standard InChI is InChI=1S/C12H21N5O7/c1-11(2,3)24-8(19)7(12(15,6-18)9(20)21)4-5-16(10(13)14)17(22)23/h6-7H,4-5,15H2,1-3H3,(H3,13,14)(H,20,21)/t7?,12-/m0/s1. The summed E-state index contributed by atoms with van der Waals surface area (Å²) in [6.07, 6.45) is -0.675. The molecule has 24 heavy (non-hydrogen) atoms. The molecule has 0 heterocycles. The Morgan fingerprint density at radius 1 is 1.46 bits per heavy atom. The normalized spacial score (nSPS) is 14.8. The van der Waals surface area contributed by atoms with Crippen LogP contribution in [0.2, 0.25) is 0 Å². The number of carbonyl (C=O) groups is 3. The molecule has 0 aliphatic heterocycles. The molecule has 12 nitrogen and oxygen atoms in total. The minimum absolute atomic E-state index is 0.131. The highest BCUT2D eigenvalue weighted by Crippen LogP contribution is 2.23. The van der Waals surface area contributed by atoms with Gasteiger partial charge >= 0.3 is 11.9 Å². The Morgan fingerprint density at radius 2 is 1.96 bits per heavy atom. The first kappa shape index (κ1) is 21.2. The molecule has 0 amide bonds. The van der Waals surface area contributed by atoms with Crippen LogP contribution in [0.4, 0.5) is 0 Å². The summed E-state index contributed by atoms with van der Waals surface area (Å²) in [4.78, 5) is 45.5. The van der Waals surface area contributed by atoms with Crippen molar-refractivity contribution in [2.24, 2.45) is 17.4 Å². The highest BCUT2D eigenvalue weighted by Gasteiger charge is 2.48. The molecule has 136 valence electrons. The summed E-state index contributed by atoms with van der Waals surface area (Å²) in [5, 5.41) is 26.2. The van der Waals surface area contributed by atoms with Gasteiger partial charge in [-0.2, -0.15) is 0 Å². The van der Waals surface area contributed by atoms with Crippen LogP contribution in [0, 0.1) is 21.4 Å². The summed E-state index contributed by atoms with van der Waals surface area (Å²) in [5.41, 5.74) is 6.90. The van der Waals surface area contributed by atoms with Gasteiger partial charge in [-0.25, -0.2) is 14.9 Å². The third-order valence-corrected chi connectivity index (χ3v) is 2.94. The molecule has 0 rings (SSSR count). The first-order valence-electron chi connectivity index (χ1n) is 6.73. The van der Waals surface area contributed by atoms with E-state index in [1.807, 2.05) is 0 Å². The van der Waals surface area contributed by atoms with Gasteiger partial charge in [0.05, 0.1) is 12.5 Å². The third-order valence-electron chi connectivity index (χ3n) is 2.94. The Bertz CT molecular complexity index is 530. The SMILES string of the molecule is CC(C)(C)OC(=O)C(CCN(C(=N)N)[N+](=O)[O-])[C@@](N)(C=O)C(=O)O. The number of hydrogen-bond acceptors (Lipinski definition) is 8. The Labute approximate surface area is 137 Å². The van der Waals surface area contributed by atoms with Crippen LogP contribution in [0.25, 0.3) is 0 Å². The zero-order valence-corrected chi connectivity index (χ0v) is 13.5. The predicted molar refractivity (Wildman–Crippen MR) is 80.2 cm³/mol. The molecule has 0 spiro atoms. The van der Waals surface area contributed by atoms with E-state index in [9.17, 15) is 24.5 Å². The number of esters is 1. The van der Waals surface area contributed by atoms with Crippen molar-refractivity contribution in [1.29, 1.82) is 5.41 Å². The van der Waals surface area contributed by atoms with Crippen molar-refractivity contribution >= 4 is 24.2 Å². The molecular weight excluding hydrogens is 326 g/mol. The van der Waals surface area contributed by atoms with Crippen LogP contribution >= 0.6 is 0 Å². The second-order valence-electron chi connectivity index (χ2n) is 5.98. The van der Waals surface area contributed by atoms with E-state index < -0.39 is 53.0 Å². The predicted octanol–water partition coefficient (Wildman–Crippen LogP) is -1.30. The van der Waals surface area contributed by atoms with E-state index >= 15 is 0 Å². The molecule has 1 unspecified atom stereocenters. The molecule has 0 fully saturated rings. The van der Waals surface area contributed by atoms with E-state index in [4.69, 9.17) is 26.7 Å². The Kier molecular flexibility index (Phi) is 6.79.